The van der Waals surface area contributed by atoms with Gasteiger partial charge in [0.25, 0.3) is 0 Å². The summed E-state index contributed by atoms with van der Waals surface area (Å²) in [5.74, 6) is -0.811. The maximum Gasteiger partial charge on any atom is 1.00 e. The fourth-order valence-corrected chi connectivity index (χ4v) is 1.20. The van der Waals surface area contributed by atoms with Gasteiger partial charge in [0.2, 0.25) is 0 Å². The Bertz CT molecular complexity index is 409. The average molecular weight is 272 g/mol. The first-order valence-corrected chi connectivity index (χ1v) is 4.36. The summed E-state index contributed by atoms with van der Waals surface area (Å²) in [5.41, 5.74) is -1.09. The molecule has 17 heavy (non-hydrogen) atoms. The molecule has 0 atom stereocenters. The predicted molar refractivity (Wildman–Crippen MR) is 53.0 cm³/mol. The Kier molecular flexibility index (Phi) is 6.78. The van der Waals surface area contributed by atoms with E-state index in [0.717, 1.165) is 25.3 Å². The van der Waals surface area contributed by atoms with Crippen LogP contribution >= 0.6 is 0 Å². The third kappa shape index (κ3) is 4.29. The molecule has 0 spiro atoms. The number of methoxy groups -OCH3 is 2. The quantitative estimate of drug-likeness (QED) is 0.498. The second-order valence-corrected chi connectivity index (χ2v) is 3.03. The molecule has 0 radical (unpaired) electrons. The molecule has 1 aromatic carbocycles. The zero-order chi connectivity index (χ0) is 12.3. The van der Waals surface area contributed by atoms with Crippen LogP contribution in [0.4, 0.5) is 12.9 Å². The van der Waals surface area contributed by atoms with Crippen molar-refractivity contribution in [1.29, 1.82) is 0 Å². The van der Waals surface area contributed by atoms with Crippen LogP contribution in [-0.2, 0) is 4.74 Å². The zero-order valence-corrected chi connectivity index (χ0v) is 12.8. The molecule has 0 unspecified atom stereocenters. The molecule has 0 aliphatic heterocycles. The molecule has 0 aliphatic carbocycles. The first kappa shape index (κ1) is 17.0. The summed E-state index contributed by atoms with van der Waals surface area (Å²) in [6.07, 6.45) is 0. The maximum atomic E-state index is 12.4. The third-order valence-corrected chi connectivity index (χ3v) is 2.01. The van der Waals surface area contributed by atoms with Gasteiger partial charge in [0.1, 0.15) is 5.75 Å². The summed E-state index contributed by atoms with van der Waals surface area (Å²) in [7, 11) is 2.35. The van der Waals surface area contributed by atoms with E-state index in [0.29, 0.717) is 0 Å². The summed E-state index contributed by atoms with van der Waals surface area (Å²) in [6, 6.07) is 2.69. The molecule has 0 N–H and O–H groups in total. The number of ether oxygens (including phenoxy) is 2. The smallest absolute Gasteiger partial charge is 0.496 e. The minimum Gasteiger partial charge on any atom is -0.496 e. The molecule has 1 rings (SSSR count). The van der Waals surface area contributed by atoms with Crippen molar-refractivity contribution >= 4 is 18.4 Å². The van der Waals surface area contributed by atoms with Gasteiger partial charge >= 0.3 is 64.3 Å². The van der Waals surface area contributed by atoms with E-state index < -0.39 is 18.4 Å². The summed E-state index contributed by atoms with van der Waals surface area (Å²) in [5, 5.41) is 0. The van der Waals surface area contributed by atoms with Crippen molar-refractivity contribution in [2.75, 3.05) is 14.2 Å². The van der Waals surface area contributed by atoms with Crippen LogP contribution in [0.5, 0.6) is 5.75 Å². The number of carbonyl (C=O) groups excluding carboxylic acids is 1. The van der Waals surface area contributed by atoms with Gasteiger partial charge in [-0.05, 0) is 6.07 Å². The van der Waals surface area contributed by atoms with E-state index in [1.54, 1.807) is 0 Å². The molecule has 0 bridgehead atoms. The van der Waals surface area contributed by atoms with Gasteiger partial charge in [0, 0.05) is 0 Å². The van der Waals surface area contributed by atoms with Gasteiger partial charge in [-0.25, -0.2) is 4.79 Å². The van der Waals surface area contributed by atoms with Gasteiger partial charge in [0.05, 0.1) is 19.8 Å². The van der Waals surface area contributed by atoms with Crippen molar-refractivity contribution in [2.24, 2.45) is 0 Å². The van der Waals surface area contributed by atoms with Crippen molar-refractivity contribution in [3.05, 3.63) is 23.8 Å². The number of hydrogen-bond donors (Lipinski definition) is 0. The number of esters is 1. The Morgan fingerprint density at radius 1 is 1.24 bits per heavy atom. The van der Waals surface area contributed by atoms with Crippen LogP contribution in [0, 0.1) is 0 Å². The number of hydrogen-bond acceptors (Lipinski definition) is 3. The molecule has 1 aromatic rings. The second-order valence-electron chi connectivity index (χ2n) is 3.03. The van der Waals surface area contributed by atoms with E-state index in [1.807, 2.05) is 0 Å². The van der Waals surface area contributed by atoms with Crippen LogP contribution in [-0.4, -0.2) is 27.2 Å². The van der Waals surface area contributed by atoms with Crippen LogP contribution < -0.4 is 61.6 Å². The third-order valence-electron chi connectivity index (χ3n) is 2.01. The summed E-state index contributed by atoms with van der Waals surface area (Å²) < 4.78 is 46.5. The first-order chi connectivity index (χ1) is 7.40. The van der Waals surface area contributed by atoms with Gasteiger partial charge in [-0.1, -0.05) is 12.1 Å². The minimum absolute atomic E-state index is 0. The largest absolute Gasteiger partial charge is 1.00 e. The van der Waals surface area contributed by atoms with Gasteiger partial charge in [-0.15, -0.1) is 5.46 Å². The summed E-state index contributed by atoms with van der Waals surface area (Å²) in [6.45, 7) is -5.14. The van der Waals surface area contributed by atoms with Crippen molar-refractivity contribution in [3.63, 3.8) is 0 Å². The average Bonchev–Trinajstić information content (AvgIpc) is 2.25. The monoisotopic (exact) mass is 272 g/mol. The molecule has 8 heteroatoms. The Labute approximate surface area is 139 Å². The molecule has 0 aliphatic rings. The first-order valence-electron chi connectivity index (χ1n) is 4.36. The Morgan fingerprint density at radius 2 is 1.82 bits per heavy atom. The summed E-state index contributed by atoms with van der Waals surface area (Å²) in [4.78, 5) is 11.2. The van der Waals surface area contributed by atoms with Gasteiger partial charge in [-0.2, -0.15) is 0 Å². The normalized spacial score (nSPS) is 10.4. The van der Waals surface area contributed by atoms with Crippen LogP contribution in [0.3, 0.4) is 0 Å². The minimum atomic E-state index is -5.14. The van der Waals surface area contributed by atoms with Crippen LogP contribution in [0.2, 0.25) is 0 Å². The Hall–Kier alpha value is -0.0187. The van der Waals surface area contributed by atoms with Crippen LogP contribution in [0.25, 0.3) is 0 Å². The molecular weight excluding hydrogens is 263 g/mol. The molecule has 0 aromatic heterocycles. The van der Waals surface area contributed by atoms with E-state index >= 15 is 0 Å². The van der Waals surface area contributed by atoms with Crippen molar-refractivity contribution in [2.45, 2.75) is 0 Å². The van der Waals surface area contributed by atoms with E-state index in [9.17, 15) is 17.7 Å². The van der Waals surface area contributed by atoms with E-state index in [2.05, 4.69) is 4.74 Å². The fourth-order valence-electron chi connectivity index (χ4n) is 1.20. The molecule has 3 nitrogen and oxygen atoms in total. The Morgan fingerprint density at radius 3 is 2.24 bits per heavy atom. The van der Waals surface area contributed by atoms with Crippen molar-refractivity contribution in [3.8, 4) is 5.75 Å². The zero-order valence-electron chi connectivity index (χ0n) is 9.67. The van der Waals surface area contributed by atoms with E-state index in [1.165, 1.54) is 7.11 Å². The van der Waals surface area contributed by atoms with Gasteiger partial charge in [-0.3, -0.25) is 0 Å². The predicted octanol–water partition coefficient (Wildman–Crippen LogP) is -1.46. The molecular formula is C9H9BF3KO3. The molecule has 0 heterocycles. The number of carbonyl (C=O) groups is 1. The van der Waals surface area contributed by atoms with Crippen LogP contribution in [0.1, 0.15) is 10.4 Å². The summed E-state index contributed by atoms with van der Waals surface area (Å²) >= 11 is 0. The maximum absolute atomic E-state index is 12.4. The number of rotatable bonds is 3. The molecule has 0 saturated heterocycles. The SMILES string of the molecule is COC(=O)c1cc([B-](F)(F)F)ccc1OC.[K+]. The van der Waals surface area contributed by atoms with Crippen LogP contribution in [0.15, 0.2) is 18.2 Å². The Balaban J connectivity index is 0.00000256. The standard InChI is InChI=1S/C9H9BF3O3.K/c1-15-8-4-3-6(10(11,12)13)5-7(8)9(14)16-2;/h3-5H,1-2H3;/q-1;+1. The molecule has 0 amide bonds. The number of benzene rings is 1. The van der Waals surface area contributed by atoms with E-state index in [4.69, 9.17) is 4.74 Å². The van der Waals surface area contributed by atoms with Crippen molar-refractivity contribution in [1.82, 2.24) is 0 Å². The fraction of sp³-hybridized carbons (Fsp3) is 0.222. The molecule has 88 valence electrons. The molecule has 0 fully saturated rings. The van der Waals surface area contributed by atoms with Crippen molar-refractivity contribution < 1.29 is 78.6 Å². The number of halogens is 3. The topological polar surface area (TPSA) is 35.5 Å². The second kappa shape index (κ2) is 6.79. The van der Waals surface area contributed by atoms with Gasteiger partial charge in [0.15, 0.2) is 0 Å². The molecule has 0 saturated carbocycles. The van der Waals surface area contributed by atoms with Gasteiger partial charge < -0.3 is 22.4 Å². The van der Waals surface area contributed by atoms with E-state index in [-0.39, 0.29) is 62.7 Å².